The van der Waals surface area contributed by atoms with Gasteiger partial charge in [-0.3, -0.25) is 0 Å². The topological polar surface area (TPSA) is 104 Å². The highest BCUT2D eigenvalue weighted by molar-refractivity contribution is 5.85. The summed E-state index contributed by atoms with van der Waals surface area (Å²) in [6, 6.07) is 0. The number of ether oxygens (including phenoxy) is 1. The van der Waals surface area contributed by atoms with Crippen molar-refractivity contribution in [3.05, 3.63) is 24.3 Å². The van der Waals surface area contributed by atoms with Gasteiger partial charge in [0.25, 0.3) is 0 Å². The highest BCUT2D eigenvalue weighted by Crippen LogP contribution is 1.97. The Morgan fingerprint density at radius 1 is 1.40 bits per heavy atom. The number of carboxylic acids is 1. The van der Waals surface area contributed by atoms with Crippen molar-refractivity contribution < 1.29 is 29.6 Å². The molecule has 0 fully saturated rings. The quantitative estimate of drug-likeness (QED) is 0.353. The van der Waals surface area contributed by atoms with Crippen LogP contribution in [-0.4, -0.2) is 46.6 Å². The smallest absolute Gasteiger partial charge is 0.330 e. The molecule has 0 radical (unpaired) electrons. The van der Waals surface area contributed by atoms with Gasteiger partial charge in [0, 0.05) is 18.3 Å². The van der Waals surface area contributed by atoms with Gasteiger partial charge in [-0.05, 0) is 26.2 Å². The minimum atomic E-state index is -0.891. The first-order chi connectivity index (χ1) is 9.38. The maximum Gasteiger partial charge on any atom is 0.330 e. The van der Waals surface area contributed by atoms with Crippen LogP contribution in [0.4, 0.5) is 0 Å². The second-order valence-electron chi connectivity index (χ2n) is 3.95. The van der Waals surface area contributed by atoms with Crippen LogP contribution in [0.25, 0.3) is 0 Å². The lowest BCUT2D eigenvalue weighted by atomic mass is 10.2. The van der Waals surface area contributed by atoms with E-state index in [1.54, 1.807) is 13.0 Å². The van der Waals surface area contributed by atoms with Crippen LogP contribution in [0.2, 0.25) is 0 Å². The van der Waals surface area contributed by atoms with E-state index in [1.165, 1.54) is 0 Å². The molecule has 0 aliphatic carbocycles. The number of aliphatic hydroxyl groups is 2. The van der Waals surface area contributed by atoms with Crippen LogP contribution in [0.3, 0.4) is 0 Å². The molecule has 6 heteroatoms. The second kappa shape index (κ2) is 13.8. The molecule has 0 rings (SSSR count). The molecule has 0 spiro atoms. The Balaban J connectivity index is 0. The SMILES string of the molecule is C=CC(=O)OCC(O)CC.CC(=CCCCO)C(=O)O. The molecule has 116 valence electrons. The maximum absolute atomic E-state index is 10.4. The molecule has 0 bridgehead atoms. The maximum atomic E-state index is 10.4. The van der Waals surface area contributed by atoms with Gasteiger partial charge >= 0.3 is 11.9 Å². The fourth-order valence-electron chi connectivity index (χ4n) is 0.852. The Morgan fingerprint density at radius 2 is 2.00 bits per heavy atom. The van der Waals surface area contributed by atoms with E-state index >= 15 is 0 Å². The summed E-state index contributed by atoms with van der Waals surface area (Å²) in [5, 5.41) is 25.6. The Morgan fingerprint density at radius 3 is 2.40 bits per heavy atom. The van der Waals surface area contributed by atoms with Crippen molar-refractivity contribution in [1.82, 2.24) is 0 Å². The summed E-state index contributed by atoms with van der Waals surface area (Å²) >= 11 is 0. The highest BCUT2D eigenvalue weighted by Gasteiger charge is 2.02. The molecule has 0 amide bonds. The third-order valence-corrected chi connectivity index (χ3v) is 2.21. The molecule has 1 atom stereocenters. The van der Waals surface area contributed by atoms with Crippen LogP contribution < -0.4 is 0 Å². The monoisotopic (exact) mass is 288 g/mol. The minimum absolute atomic E-state index is 0.0569. The van der Waals surface area contributed by atoms with Crippen LogP contribution in [0.5, 0.6) is 0 Å². The molecular weight excluding hydrogens is 264 g/mol. The van der Waals surface area contributed by atoms with Crippen LogP contribution >= 0.6 is 0 Å². The van der Waals surface area contributed by atoms with Crippen LogP contribution in [-0.2, 0) is 14.3 Å². The van der Waals surface area contributed by atoms with Gasteiger partial charge in [-0.15, -0.1) is 0 Å². The normalized spacial score (nSPS) is 11.9. The van der Waals surface area contributed by atoms with Crippen molar-refractivity contribution in [2.45, 2.75) is 39.2 Å². The third kappa shape index (κ3) is 14.4. The lowest BCUT2D eigenvalue weighted by Gasteiger charge is -2.05. The summed E-state index contributed by atoms with van der Waals surface area (Å²) < 4.78 is 4.54. The number of hydrogen-bond acceptors (Lipinski definition) is 5. The van der Waals surface area contributed by atoms with E-state index in [-0.39, 0.29) is 13.2 Å². The number of carbonyl (C=O) groups excluding carboxylic acids is 1. The van der Waals surface area contributed by atoms with E-state index in [2.05, 4.69) is 11.3 Å². The highest BCUT2D eigenvalue weighted by atomic mass is 16.5. The van der Waals surface area contributed by atoms with E-state index in [4.69, 9.17) is 15.3 Å². The molecule has 3 N–H and O–H groups in total. The van der Waals surface area contributed by atoms with Gasteiger partial charge in [-0.1, -0.05) is 19.6 Å². The first-order valence-corrected chi connectivity index (χ1v) is 6.37. The molecule has 0 aromatic carbocycles. The molecule has 0 saturated carbocycles. The number of unbranched alkanes of at least 4 members (excludes halogenated alkanes) is 1. The molecule has 0 aromatic rings. The summed E-state index contributed by atoms with van der Waals surface area (Å²) in [6.45, 7) is 6.73. The van der Waals surface area contributed by atoms with E-state index in [9.17, 15) is 9.59 Å². The number of rotatable bonds is 8. The Bertz CT molecular complexity index is 322. The summed E-state index contributed by atoms with van der Waals surface area (Å²) in [6.07, 6.45) is 3.98. The number of carboxylic acid groups (broad SMARTS) is 1. The fraction of sp³-hybridized carbons (Fsp3) is 0.571. The Labute approximate surface area is 119 Å². The molecule has 0 aromatic heterocycles. The number of carbonyl (C=O) groups is 2. The average Bonchev–Trinajstić information content (AvgIpc) is 2.44. The number of hydrogen-bond donors (Lipinski definition) is 3. The molecule has 0 aliphatic heterocycles. The predicted octanol–water partition coefficient (Wildman–Crippen LogP) is 1.28. The van der Waals surface area contributed by atoms with Crippen molar-refractivity contribution in [3.8, 4) is 0 Å². The molecule has 0 saturated heterocycles. The number of aliphatic hydroxyl groups excluding tert-OH is 2. The lowest BCUT2D eigenvalue weighted by molar-refractivity contribution is -0.140. The molecular formula is C14H24O6. The standard InChI is InChI=1S/2C7H12O3/c1-6(7(9)10)4-2-3-5-8;1-3-6(8)5-10-7(9)4-2/h4,8H,2-3,5H2,1H3,(H,9,10);4,6,8H,2-3,5H2,1H3. The van der Waals surface area contributed by atoms with Crippen LogP contribution in [0.1, 0.15) is 33.1 Å². The molecule has 20 heavy (non-hydrogen) atoms. The van der Waals surface area contributed by atoms with Gasteiger partial charge in [-0.25, -0.2) is 9.59 Å². The van der Waals surface area contributed by atoms with Crippen molar-refractivity contribution in [2.24, 2.45) is 0 Å². The fourth-order valence-corrected chi connectivity index (χ4v) is 0.852. The lowest BCUT2D eigenvalue weighted by Crippen LogP contribution is -2.16. The minimum Gasteiger partial charge on any atom is -0.478 e. The van der Waals surface area contributed by atoms with E-state index in [1.807, 2.05) is 6.92 Å². The number of aliphatic carboxylic acids is 1. The first-order valence-electron chi connectivity index (χ1n) is 6.37. The van der Waals surface area contributed by atoms with Crippen molar-refractivity contribution >= 4 is 11.9 Å². The van der Waals surface area contributed by atoms with Gasteiger partial charge in [0.15, 0.2) is 0 Å². The van der Waals surface area contributed by atoms with E-state index < -0.39 is 18.0 Å². The first kappa shape index (κ1) is 20.7. The molecule has 6 nitrogen and oxygen atoms in total. The predicted molar refractivity (Wildman–Crippen MR) is 75.2 cm³/mol. The van der Waals surface area contributed by atoms with Crippen LogP contribution in [0, 0.1) is 0 Å². The van der Waals surface area contributed by atoms with Gasteiger partial charge in [0.2, 0.25) is 0 Å². The van der Waals surface area contributed by atoms with E-state index in [0.717, 1.165) is 6.08 Å². The van der Waals surface area contributed by atoms with Gasteiger partial charge in [0.05, 0.1) is 6.10 Å². The summed E-state index contributed by atoms with van der Waals surface area (Å²) in [7, 11) is 0. The largest absolute Gasteiger partial charge is 0.478 e. The zero-order valence-electron chi connectivity index (χ0n) is 12.0. The van der Waals surface area contributed by atoms with E-state index in [0.29, 0.717) is 24.8 Å². The Kier molecular flexibility index (Phi) is 14.2. The number of allylic oxidation sites excluding steroid dienone is 1. The molecule has 0 aliphatic rings. The van der Waals surface area contributed by atoms with Crippen molar-refractivity contribution in [2.75, 3.05) is 13.2 Å². The summed E-state index contributed by atoms with van der Waals surface area (Å²) in [4.78, 5) is 20.5. The zero-order chi connectivity index (χ0) is 16.0. The van der Waals surface area contributed by atoms with Gasteiger partial charge < -0.3 is 20.1 Å². The van der Waals surface area contributed by atoms with Gasteiger partial charge in [0.1, 0.15) is 6.61 Å². The zero-order valence-corrected chi connectivity index (χ0v) is 12.0. The Hall–Kier alpha value is -1.66. The average molecular weight is 288 g/mol. The summed E-state index contributed by atoms with van der Waals surface area (Å²) in [5.41, 5.74) is 0.341. The number of esters is 1. The van der Waals surface area contributed by atoms with Crippen LogP contribution in [0.15, 0.2) is 24.3 Å². The second-order valence-corrected chi connectivity index (χ2v) is 3.95. The van der Waals surface area contributed by atoms with Crippen molar-refractivity contribution in [1.29, 1.82) is 0 Å². The van der Waals surface area contributed by atoms with Gasteiger partial charge in [-0.2, -0.15) is 0 Å². The van der Waals surface area contributed by atoms with Crippen molar-refractivity contribution in [3.63, 3.8) is 0 Å². The molecule has 0 heterocycles. The third-order valence-electron chi connectivity index (χ3n) is 2.21. The summed E-state index contributed by atoms with van der Waals surface area (Å²) in [5.74, 6) is -1.38. The molecule has 1 unspecified atom stereocenters.